The van der Waals surface area contributed by atoms with E-state index < -0.39 is 0 Å². The Labute approximate surface area is 90.8 Å². The van der Waals surface area contributed by atoms with Crippen LogP contribution in [0.4, 0.5) is 0 Å². The Hall–Kier alpha value is -0.970. The number of rotatable bonds is 6. The highest BCUT2D eigenvalue weighted by molar-refractivity contribution is 4.85. The molecule has 0 saturated carbocycles. The van der Waals surface area contributed by atoms with Crippen LogP contribution in [-0.4, -0.2) is 26.7 Å². The molecule has 0 amide bonds. The quantitative estimate of drug-likeness (QED) is 0.743. The van der Waals surface area contributed by atoms with Gasteiger partial charge in [-0.05, 0) is 18.3 Å². The molecule has 0 bridgehead atoms. The Kier molecular flexibility index (Phi) is 4.20. The van der Waals surface area contributed by atoms with E-state index in [2.05, 4.69) is 41.4 Å². The van der Waals surface area contributed by atoms with Crippen molar-refractivity contribution in [3.05, 3.63) is 5.82 Å². The average Bonchev–Trinajstić information content (AvgIpc) is 2.54. The third-order valence-corrected chi connectivity index (χ3v) is 2.58. The van der Waals surface area contributed by atoms with Gasteiger partial charge in [-0.1, -0.05) is 32.4 Å². The number of nitrogens with zero attached hydrogens (tertiary/aromatic N) is 3. The van der Waals surface area contributed by atoms with Gasteiger partial charge >= 0.3 is 0 Å². The molecule has 0 radical (unpaired) electrons. The fraction of sp³-hybridized carbons (Fsp3) is 0.900. The molecule has 1 aromatic heterocycles. The van der Waals surface area contributed by atoms with Crippen molar-refractivity contribution in [3.63, 3.8) is 0 Å². The molecule has 1 atom stereocenters. The zero-order valence-electron chi connectivity index (χ0n) is 9.82. The van der Waals surface area contributed by atoms with Crippen LogP contribution in [0.1, 0.15) is 45.9 Å². The van der Waals surface area contributed by atoms with E-state index in [9.17, 15) is 0 Å². The zero-order valence-corrected chi connectivity index (χ0v) is 9.82. The number of hydrogen-bond donors (Lipinski definition) is 2. The Bertz CT molecular complexity index is 267. The molecule has 0 aliphatic rings. The average molecular weight is 211 g/mol. The van der Waals surface area contributed by atoms with Crippen molar-refractivity contribution in [1.29, 1.82) is 0 Å². The van der Waals surface area contributed by atoms with Gasteiger partial charge in [0.25, 0.3) is 0 Å². The third-order valence-electron chi connectivity index (χ3n) is 2.58. The van der Waals surface area contributed by atoms with Crippen molar-refractivity contribution in [1.82, 2.24) is 20.6 Å². The number of nitrogens with one attached hydrogen (secondary N) is 1. The summed E-state index contributed by atoms with van der Waals surface area (Å²) >= 11 is 0. The van der Waals surface area contributed by atoms with Gasteiger partial charge in [0.05, 0.1) is 0 Å². The van der Waals surface area contributed by atoms with Gasteiger partial charge in [0.2, 0.25) is 0 Å². The fourth-order valence-electron chi connectivity index (χ4n) is 2.06. The van der Waals surface area contributed by atoms with E-state index in [0.29, 0.717) is 17.7 Å². The number of aromatic nitrogens is 4. The van der Waals surface area contributed by atoms with E-state index in [1.807, 2.05) is 0 Å². The van der Waals surface area contributed by atoms with Crippen LogP contribution in [0.2, 0.25) is 0 Å². The van der Waals surface area contributed by atoms with Crippen LogP contribution in [0.15, 0.2) is 0 Å². The molecule has 5 nitrogen and oxygen atoms in total. The number of aromatic amines is 1. The van der Waals surface area contributed by atoms with Crippen LogP contribution < -0.4 is 5.73 Å². The Morgan fingerprint density at radius 1 is 1.47 bits per heavy atom. The summed E-state index contributed by atoms with van der Waals surface area (Å²) < 4.78 is 0. The minimum atomic E-state index is 0.115. The predicted molar refractivity (Wildman–Crippen MR) is 59.2 cm³/mol. The van der Waals surface area contributed by atoms with Crippen molar-refractivity contribution in [3.8, 4) is 0 Å². The summed E-state index contributed by atoms with van der Waals surface area (Å²) in [5.41, 5.74) is 6.36. The lowest BCUT2D eigenvalue weighted by Gasteiger charge is -2.27. The minimum Gasteiger partial charge on any atom is -0.327 e. The second-order valence-electron chi connectivity index (χ2n) is 4.91. The molecular formula is C10H21N5. The molecule has 1 aromatic rings. The molecule has 15 heavy (non-hydrogen) atoms. The zero-order chi connectivity index (χ0) is 11.3. The van der Waals surface area contributed by atoms with Crippen molar-refractivity contribution < 1.29 is 0 Å². The smallest absolute Gasteiger partial charge is 0.176 e. The van der Waals surface area contributed by atoms with Crippen LogP contribution in [-0.2, 0) is 6.42 Å². The van der Waals surface area contributed by atoms with Crippen molar-refractivity contribution in [2.75, 3.05) is 0 Å². The highest BCUT2D eigenvalue weighted by atomic mass is 15.5. The number of hydrogen-bond acceptors (Lipinski definition) is 4. The summed E-state index contributed by atoms with van der Waals surface area (Å²) in [4.78, 5) is 0. The molecule has 3 N–H and O–H groups in total. The number of H-pyrrole nitrogens is 1. The van der Waals surface area contributed by atoms with Gasteiger partial charge in [-0.15, -0.1) is 10.2 Å². The van der Waals surface area contributed by atoms with Gasteiger partial charge < -0.3 is 5.73 Å². The molecule has 0 saturated heterocycles. The maximum Gasteiger partial charge on any atom is 0.176 e. The molecule has 0 aliphatic carbocycles. The van der Waals surface area contributed by atoms with E-state index in [1.165, 1.54) is 12.8 Å². The third kappa shape index (κ3) is 4.38. The van der Waals surface area contributed by atoms with Crippen molar-refractivity contribution in [2.24, 2.45) is 11.1 Å². The highest BCUT2D eigenvalue weighted by Crippen LogP contribution is 2.28. The van der Waals surface area contributed by atoms with E-state index in [-0.39, 0.29) is 6.04 Å². The Morgan fingerprint density at radius 2 is 2.20 bits per heavy atom. The molecule has 1 heterocycles. The van der Waals surface area contributed by atoms with Gasteiger partial charge in [-0.2, -0.15) is 5.21 Å². The van der Waals surface area contributed by atoms with E-state index >= 15 is 0 Å². The van der Waals surface area contributed by atoms with Crippen LogP contribution >= 0.6 is 0 Å². The molecule has 0 aromatic carbocycles. The minimum absolute atomic E-state index is 0.115. The first-order valence-corrected chi connectivity index (χ1v) is 5.51. The van der Waals surface area contributed by atoms with E-state index in [1.54, 1.807) is 0 Å². The molecule has 86 valence electrons. The van der Waals surface area contributed by atoms with Crippen LogP contribution in [0.5, 0.6) is 0 Å². The van der Waals surface area contributed by atoms with Crippen LogP contribution in [0, 0.1) is 5.41 Å². The lowest BCUT2D eigenvalue weighted by atomic mass is 9.81. The fourth-order valence-corrected chi connectivity index (χ4v) is 2.06. The SMILES string of the molecule is CCCC(C)(C)CC(N)Cc1nn[nH]n1. The lowest BCUT2D eigenvalue weighted by Crippen LogP contribution is -2.30. The topological polar surface area (TPSA) is 80.5 Å². The standard InChI is InChI=1S/C10H21N5/c1-4-5-10(2,3)7-8(11)6-9-12-14-15-13-9/h8H,4-7,11H2,1-3H3,(H,12,13,14,15). The van der Waals surface area contributed by atoms with Gasteiger partial charge in [-0.25, -0.2) is 0 Å². The molecule has 1 rings (SSSR count). The van der Waals surface area contributed by atoms with Gasteiger partial charge in [0.1, 0.15) is 0 Å². The number of tetrazole rings is 1. The Morgan fingerprint density at radius 3 is 2.73 bits per heavy atom. The first kappa shape index (κ1) is 12.1. The van der Waals surface area contributed by atoms with Crippen molar-refractivity contribution >= 4 is 0 Å². The maximum atomic E-state index is 6.06. The maximum absolute atomic E-state index is 6.06. The van der Waals surface area contributed by atoms with Gasteiger partial charge in [-0.3, -0.25) is 0 Å². The monoisotopic (exact) mass is 211 g/mol. The molecule has 0 fully saturated rings. The van der Waals surface area contributed by atoms with Crippen LogP contribution in [0.25, 0.3) is 0 Å². The Balaban J connectivity index is 2.38. The summed E-state index contributed by atoms with van der Waals surface area (Å²) in [6, 6.07) is 0.115. The second kappa shape index (κ2) is 5.21. The molecule has 0 spiro atoms. The summed E-state index contributed by atoms with van der Waals surface area (Å²) in [7, 11) is 0. The van der Waals surface area contributed by atoms with Gasteiger partial charge in [0, 0.05) is 12.5 Å². The summed E-state index contributed by atoms with van der Waals surface area (Å²) in [6.07, 6.45) is 4.09. The first-order chi connectivity index (χ1) is 7.03. The second-order valence-corrected chi connectivity index (χ2v) is 4.91. The predicted octanol–water partition coefficient (Wildman–Crippen LogP) is 1.29. The highest BCUT2D eigenvalue weighted by Gasteiger charge is 2.21. The molecule has 5 heteroatoms. The lowest BCUT2D eigenvalue weighted by molar-refractivity contribution is 0.276. The summed E-state index contributed by atoms with van der Waals surface area (Å²) in [6.45, 7) is 6.71. The molecule has 0 aliphatic heterocycles. The first-order valence-electron chi connectivity index (χ1n) is 5.51. The largest absolute Gasteiger partial charge is 0.327 e. The molecular weight excluding hydrogens is 190 g/mol. The normalized spacial score (nSPS) is 14.1. The van der Waals surface area contributed by atoms with E-state index in [0.717, 1.165) is 6.42 Å². The number of nitrogens with two attached hydrogens (primary N) is 1. The van der Waals surface area contributed by atoms with Crippen LogP contribution in [0.3, 0.4) is 0 Å². The summed E-state index contributed by atoms with van der Waals surface area (Å²) in [5, 5.41) is 13.8. The molecule has 1 unspecified atom stereocenters. The van der Waals surface area contributed by atoms with E-state index in [4.69, 9.17) is 5.73 Å². The summed E-state index contributed by atoms with van der Waals surface area (Å²) in [5.74, 6) is 0.704. The van der Waals surface area contributed by atoms with Gasteiger partial charge in [0.15, 0.2) is 5.82 Å². The van der Waals surface area contributed by atoms with Crippen molar-refractivity contribution in [2.45, 2.75) is 52.5 Å².